The van der Waals surface area contributed by atoms with E-state index in [4.69, 9.17) is 23.8 Å². The van der Waals surface area contributed by atoms with E-state index in [0.29, 0.717) is 15.7 Å². The third kappa shape index (κ3) is 2.57. The van der Waals surface area contributed by atoms with Crippen molar-refractivity contribution in [2.24, 2.45) is 5.92 Å². The van der Waals surface area contributed by atoms with Crippen molar-refractivity contribution in [1.82, 2.24) is 14.8 Å². The third-order valence-corrected chi connectivity index (χ3v) is 3.13. The highest BCUT2D eigenvalue weighted by Gasteiger charge is 2.11. The number of aromatic amines is 1. The van der Waals surface area contributed by atoms with Gasteiger partial charge in [0, 0.05) is 12.1 Å². The molecule has 0 atom stereocenters. The topological polar surface area (TPSA) is 53.8 Å². The second-order valence-electron chi connectivity index (χ2n) is 4.52. The van der Waals surface area contributed by atoms with Gasteiger partial charge >= 0.3 is 0 Å². The van der Waals surface area contributed by atoms with Crippen molar-refractivity contribution < 1.29 is 5.11 Å². The maximum absolute atomic E-state index is 9.42. The molecule has 1 aromatic carbocycles. The number of halogens is 1. The van der Waals surface area contributed by atoms with Gasteiger partial charge in [0.15, 0.2) is 10.6 Å². The number of benzene rings is 1. The van der Waals surface area contributed by atoms with E-state index in [-0.39, 0.29) is 5.75 Å². The van der Waals surface area contributed by atoms with Crippen LogP contribution >= 0.6 is 23.8 Å². The van der Waals surface area contributed by atoms with Gasteiger partial charge in [-0.25, -0.2) is 0 Å². The Balaban J connectivity index is 2.50. The first-order valence-corrected chi connectivity index (χ1v) is 6.41. The van der Waals surface area contributed by atoms with Crippen molar-refractivity contribution in [2.75, 3.05) is 0 Å². The predicted molar refractivity (Wildman–Crippen MR) is 74.4 cm³/mol. The Morgan fingerprint density at radius 1 is 1.50 bits per heavy atom. The maximum atomic E-state index is 9.42. The molecule has 2 N–H and O–H groups in total. The highest BCUT2D eigenvalue weighted by Crippen LogP contribution is 2.28. The maximum Gasteiger partial charge on any atom is 0.195 e. The van der Waals surface area contributed by atoms with E-state index in [1.54, 1.807) is 18.2 Å². The summed E-state index contributed by atoms with van der Waals surface area (Å²) in [5.41, 5.74) is 0.825. The van der Waals surface area contributed by atoms with Crippen molar-refractivity contribution in [1.29, 1.82) is 0 Å². The van der Waals surface area contributed by atoms with Crippen LogP contribution in [0.1, 0.15) is 13.8 Å². The number of aromatic nitrogens is 3. The Morgan fingerprint density at radius 2 is 2.22 bits per heavy atom. The molecule has 0 aliphatic carbocycles. The van der Waals surface area contributed by atoms with Crippen LogP contribution in [-0.4, -0.2) is 19.9 Å². The summed E-state index contributed by atoms with van der Waals surface area (Å²) >= 11 is 11.1. The van der Waals surface area contributed by atoms with Crippen LogP contribution < -0.4 is 0 Å². The number of phenols is 1. The van der Waals surface area contributed by atoms with E-state index in [0.717, 1.165) is 17.9 Å². The molecule has 0 saturated heterocycles. The average molecular weight is 284 g/mol. The van der Waals surface area contributed by atoms with Gasteiger partial charge in [-0.05, 0) is 36.3 Å². The first-order valence-electron chi connectivity index (χ1n) is 5.63. The highest BCUT2D eigenvalue weighted by atomic mass is 35.5. The van der Waals surface area contributed by atoms with Crippen molar-refractivity contribution in [3.05, 3.63) is 28.0 Å². The number of hydrogen-bond acceptors (Lipinski definition) is 3. The molecule has 0 bridgehead atoms. The molecule has 6 heteroatoms. The van der Waals surface area contributed by atoms with Gasteiger partial charge in [0.25, 0.3) is 0 Å². The van der Waals surface area contributed by atoms with Crippen LogP contribution in [0.25, 0.3) is 11.4 Å². The van der Waals surface area contributed by atoms with E-state index in [9.17, 15) is 5.11 Å². The number of nitrogens with zero attached hydrogens (tertiary/aromatic N) is 2. The largest absolute Gasteiger partial charge is 0.506 e. The van der Waals surface area contributed by atoms with E-state index < -0.39 is 0 Å². The predicted octanol–water partition coefficient (Wildman–Crippen LogP) is 3.62. The van der Waals surface area contributed by atoms with Crippen LogP contribution in [-0.2, 0) is 6.54 Å². The van der Waals surface area contributed by atoms with Crippen molar-refractivity contribution in [3.8, 4) is 17.1 Å². The third-order valence-electron chi connectivity index (χ3n) is 2.51. The molecule has 4 nitrogen and oxygen atoms in total. The van der Waals surface area contributed by atoms with Crippen LogP contribution in [0.4, 0.5) is 0 Å². The lowest BCUT2D eigenvalue weighted by Crippen LogP contribution is -2.06. The van der Waals surface area contributed by atoms with Crippen LogP contribution in [0, 0.1) is 10.7 Å². The van der Waals surface area contributed by atoms with Gasteiger partial charge in [-0.1, -0.05) is 25.4 Å². The van der Waals surface area contributed by atoms with Crippen LogP contribution in [0.5, 0.6) is 5.75 Å². The highest BCUT2D eigenvalue weighted by molar-refractivity contribution is 7.71. The molecule has 0 saturated carbocycles. The van der Waals surface area contributed by atoms with Gasteiger partial charge in [0.2, 0.25) is 0 Å². The number of nitrogens with one attached hydrogen (secondary N) is 1. The van der Waals surface area contributed by atoms with Gasteiger partial charge in [0.1, 0.15) is 5.75 Å². The number of rotatable bonds is 3. The number of phenolic OH excluding ortho intramolecular Hbond substituents is 1. The average Bonchev–Trinajstić information content (AvgIpc) is 2.64. The summed E-state index contributed by atoms with van der Waals surface area (Å²) in [6, 6.07) is 5.00. The summed E-state index contributed by atoms with van der Waals surface area (Å²) in [6.07, 6.45) is 0. The zero-order valence-corrected chi connectivity index (χ0v) is 11.7. The SMILES string of the molecule is CC(C)Cn1c(-c2ccc(O)c(Cl)c2)n[nH]c1=S. The summed E-state index contributed by atoms with van der Waals surface area (Å²) < 4.78 is 2.52. The smallest absolute Gasteiger partial charge is 0.195 e. The van der Waals surface area contributed by atoms with Crippen molar-refractivity contribution >= 4 is 23.8 Å². The first-order chi connectivity index (χ1) is 8.49. The molecule has 0 amide bonds. The van der Waals surface area contributed by atoms with Gasteiger partial charge < -0.3 is 5.11 Å². The fourth-order valence-electron chi connectivity index (χ4n) is 1.72. The van der Waals surface area contributed by atoms with Gasteiger partial charge in [-0.15, -0.1) is 0 Å². The number of H-pyrrole nitrogens is 1. The Kier molecular flexibility index (Phi) is 3.73. The lowest BCUT2D eigenvalue weighted by molar-refractivity contribution is 0.475. The zero-order valence-electron chi connectivity index (χ0n) is 10.1. The summed E-state index contributed by atoms with van der Waals surface area (Å²) in [4.78, 5) is 0. The molecule has 96 valence electrons. The number of hydrogen-bond donors (Lipinski definition) is 2. The molecule has 18 heavy (non-hydrogen) atoms. The molecular weight excluding hydrogens is 270 g/mol. The minimum absolute atomic E-state index is 0.0601. The summed E-state index contributed by atoms with van der Waals surface area (Å²) in [5.74, 6) is 1.25. The van der Waals surface area contributed by atoms with E-state index in [2.05, 4.69) is 24.0 Å². The van der Waals surface area contributed by atoms with Gasteiger partial charge in [0.05, 0.1) is 5.02 Å². The molecule has 0 aliphatic heterocycles. The lowest BCUT2D eigenvalue weighted by Gasteiger charge is -2.09. The standard InChI is InChI=1S/C12H14ClN3OS/c1-7(2)6-16-11(14-15-12(16)18)8-3-4-10(17)9(13)5-8/h3-5,7,17H,6H2,1-2H3,(H,15,18). The first kappa shape index (κ1) is 13.1. The molecule has 1 aromatic heterocycles. The molecule has 2 aromatic rings. The fraction of sp³-hybridized carbons (Fsp3) is 0.333. The molecule has 0 fully saturated rings. The van der Waals surface area contributed by atoms with Gasteiger partial charge in [-0.2, -0.15) is 5.10 Å². The molecule has 0 radical (unpaired) electrons. The van der Waals surface area contributed by atoms with E-state index in [1.807, 2.05) is 4.57 Å². The van der Waals surface area contributed by atoms with E-state index in [1.165, 1.54) is 0 Å². The Hall–Kier alpha value is -1.33. The van der Waals surface area contributed by atoms with Crippen LogP contribution in [0.2, 0.25) is 5.02 Å². The van der Waals surface area contributed by atoms with Crippen LogP contribution in [0.15, 0.2) is 18.2 Å². The van der Waals surface area contributed by atoms with Crippen molar-refractivity contribution in [3.63, 3.8) is 0 Å². The van der Waals surface area contributed by atoms with Crippen LogP contribution in [0.3, 0.4) is 0 Å². The minimum atomic E-state index is 0.0601. The quantitative estimate of drug-likeness (QED) is 0.846. The minimum Gasteiger partial charge on any atom is -0.506 e. The Labute approximate surface area is 115 Å². The summed E-state index contributed by atoms with van der Waals surface area (Å²) in [7, 11) is 0. The fourth-order valence-corrected chi connectivity index (χ4v) is 2.11. The Morgan fingerprint density at radius 3 is 2.83 bits per heavy atom. The second-order valence-corrected chi connectivity index (χ2v) is 5.32. The molecule has 1 heterocycles. The summed E-state index contributed by atoms with van der Waals surface area (Å²) in [6.45, 7) is 5.01. The second kappa shape index (κ2) is 5.12. The summed E-state index contributed by atoms with van der Waals surface area (Å²) in [5, 5.41) is 16.7. The van der Waals surface area contributed by atoms with Crippen molar-refractivity contribution in [2.45, 2.75) is 20.4 Å². The molecule has 2 rings (SSSR count). The molecular formula is C12H14ClN3OS. The number of aromatic hydroxyl groups is 1. The Bertz CT molecular complexity index is 618. The van der Waals surface area contributed by atoms with Gasteiger partial charge in [-0.3, -0.25) is 9.67 Å². The zero-order chi connectivity index (χ0) is 13.3. The van der Waals surface area contributed by atoms with E-state index >= 15 is 0 Å². The lowest BCUT2D eigenvalue weighted by atomic mass is 10.2. The molecule has 0 spiro atoms. The monoisotopic (exact) mass is 283 g/mol. The molecule has 0 unspecified atom stereocenters. The normalized spacial score (nSPS) is 11.1. The molecule has 0 aliphatic rings.